The number of nitrogens with zero attached hydrogens (tertiary/aromatic N) is 2. The molecule has 2 rings (SSSR count). The number of nitrogen functional groups attached to an aromatic ring is 1. The van der Waals surface area contributed by atoms with Gasteiger partial charge in [0.05, 0.1) is 22.6 Å². The van der Waals surface area contributed by atoms with E-state index in [1.165, 1.54) is 0 Å². The van der Waals surface area contributed by atoms with Gasteiger partial charge in [0.25, 0.3) is 5.91 Å². The Hall–Kier alpha value is -2.01. The molecule has 0 saturated heterocycles. The van der Waals surface area contributed by atoms with Crippen molar-refractivity contribution in [2.24, 2.45) is 0 Å². The number of hydrogen-bond acceptors (Lipinski definition) is 3. The lowest BCUT2D eigenvalue weighted by molar-refractivity contribution is 0.0953. The van der Waals surface area contributed by atoms with Crippen LogP contribution in [0.25, 0.3) is 0 Å². The number of para-hydroxylation sites is 1. The van der Waals surface area contributed by atoms with Crippen molar-refractivity contribution in [3.8, 4) is 0 Å². The van der Waals surface area contributed by atoms with Crippen molar-refractivity contribution < 1.29 is 4.79 Å². The first-order valence-corrected chi connectivity index (χ1v) is 6.34. The van der Waals surface area contributed by atoms with E-state index in [1.54, 1.807) is 30.7 Å². The Bertz CT molecular complexity index is 554. The van der Waals surface area contributed by atoms with E-state index in [-0.39, 0.29) is 5.91 Å². The molecule has 1 aromatic heterocycles. The van der Waals surface area contributed by atoms with Crippen LogP contribution in [0.3, 0.4) is 0 Å². The second-order valence-electron chi connectivity index (χ2n) is 4.11. The quantitative estimate of drug-likeness (QED) is 0.648. The average Bonchev–Trinajstić information content (AvgIpc) is 2.91. The summed E-state index contributed by atoms with van der Waals surface area (Å²) in [5, 5.41) is 3.21. The third kappa shape index (κ3) is 3.48. The number of aryl methyl sites for hydroxylation is 1. The molecular weight excluding hydrogens is 264 g/mol. The zero-order valence-electron chi connectivity index (χ0n) is 10.3. The van der Waals surface area contributed by atoms with E-state index in [4.69, 9.17) is 17.3 Å². The van der Waals surface area contributed by atoms with Gasteiger partial charge in [-0.3, -0.25) is 4.79 Å². The molecule has 0 aliphatic rings. The Balaban J connectivity index is 1.83. The van der Waals surface area contributed by atoms with E-state index in [0.29, 0.717) is 22.8 Å². The molecule has 1 aromatic carbocycles. The van der Waals surface area contributed by atoms with Gasteiger partial charge in [-0.1, -0.05) is 17.7 Å². The topological polar surface area (TPSA) is 72.9 Å². The fourth-order valence-corrected chi connectivity index (χ4v) is 1.89. The Morgan fingerprint density at radius 3 is 3.05 bits per heavy atom. The lowest BCUT2D eigenvalue weighted by Crippen LogP contribution is -2.26. The molecule has 0 aliphatic heterocycles. The van der Waals surface area contributed by atoms with Crippen molar-refractivity contribution in [3.63, 3.8) is 0 Å². The molecule has 3 N–H and O–H groups in total. The first-order valence-electron chi connectivity index (χ1n) is 5.96. The molecule has 0 unspecified atom stereocenters. The Morgan fingerprint density at radius 1 is 1.47 bits per heavy atom. The molecule has 0 saturated carbocycles. The number of imidazole rings is 1. The van der Waals surface area contributed by atoms with Crippen LogP contribution >= 0.6 is 11.6 Å². The van der Waals surface area contributed by atoms with Crippen molar-refractivity contribution in [1.29, 1.82) is 0 Å². The molecule has 0 spiro atoms. The van der Waals surface area contributed by atoms with Crippen molar-refractivity contribution in [3.05, 3.63) is 47.5 Å². The highest BCUT2D eigenvalue weighted by Gasteiger charge is 2.10. The lowest BCUT2D eigenvalue weighted by Gasteiger charge is -2.08. The molecule has 6 heteroatoms. The molecule has 19 heavy (non-hydrogen) atoms. The zero-order chi connectivity index (χ0) is 13.7. The van der Waals surface area contributed by atoms with Crippen LogP contribution in [-0.2, 0) is 6.54 Å². The van der Waals surface area contributed by atoms with Crippen molar-refractivity contribution in [2.45, 2.75) is 13.0 Å². The minimum atomic E-state index is -0.203. The number of hydrogen-bond donors (Lipinski definition) is 2. The van der Waals surface area contributed by atoms with Crippen LogP contribution in [-0.4, -0.2) is 22.0 Å². The SMILES string of the molecule is Nc1c(Cl)cccc1C(=O)NCCCn1ccnc1. The van der Waals surface area contributed by atoms with Gasteiger partial charge in [-0.15, -0.1) is 0 Å². The van der Waals surface area contributed by atoms with Gasteiger partial charge in [-0.2, -0.15) is 0 Å². The Kier molecular flexibility index (Phi) is 4.41. The van der Waals surface area contributed by atoms with E-state index in [2.05, 4.69) is 10.3 Å². The minimum Gasteiger partial charge on any atom is -0.397 e. The molecule has 0 radical (unpaired) electrons. The predicted octanol–water partition coefficient (Wildman–Crippen LogP) is 1.94. The zero-order valence-corrected chi connectivity index (χ0v) is 11.1. The Labute approximate surface area is 116 Å². The first-order chi connectivity index (χ1) is 9.18. The summed E-state index contributed by atoms with van der Waals surface area (Å²) in [5.74, 6) is -0.203. The number of halogens is 1. The van der Waals surface area contributed by atoms with Crippen LogP contribution in [0, 0.1) is 0 Å². The third-order valence-corrected chi connectivity index (χ3v) is 3.06. The van der Waals surface area contributed by atoms with Crippen LogP contribution in [0.4, 0.5) is 5.69 Å². The van der Waals surface area contributed by atoms with E-state index < -0.39 is 0 Å². The standard InChI is InChI=1S/C13H15ClN4O/c14-11-4-1-3-10(12(11)15)13(19)17-5-2-7-18-8-6-16-9-18/h1,3-4,6,8-9H,2,5,7,15H2,(H,17,19). The number of carbonyl (C=O) groups is 1. The molecule has 0 bridgehead atoms. The molecule has 1 heterocycles. The molecule has 1 amide bonds. The van der Waals surface area contributed by atoms with Crippen LogP contribution in [0.1, 0.15) is 16.8 Å². The van der Waals surface area contributed by atoms with Gasteiger partial charge in [-0.25, -0.2) is 4.98 Å². The molecule has 0 aliphatic carbocycles. The average molecular weight is 279 g/mol. The predicted molar refractivity (Wildman–Crippen MR) is 75.0 cm³/mol. The number of carbonyl (C=O) groups excluding carboxylic acids is 1. The minimum absolute atomic E-state index is 0.203. The summed E-state index contributed by atoms with van der Waals surface area (Å²) in [7, 11) is 0. The van der Waals surface area contributed by atoms with Gasteiger partial charge in [-0.05, 0) is 18.6 Å². The van der Waals surface area contributed by atoms with Gasteiger partial charge in [0.15, 0.2) is 0 Å². The summed E-state index contributed by atoms with van der Waals surface area (Å²) in [4.78, 5) is 15.9. The largest absolute Gasteiger partial charge is 0.397 e. The van der Waals surface area contributed by atoms with Crippen LogP contribution < -0.4 is 11.1 Å². The van der Waals surface area contributed by atoms with Gasteiger partial charge in [0, 0.05) is 25.5 Å². The van der Waals surface area contributed by atoms with Crippen LogP contribution in [0.5, 0.6) is 0 Å². The highest BCUT2D eigenvalue weighted by molar-refractivity contribution is 6.33. The molecule has 2 aromatic rings. The maximum atomic E-state index is 11.9. The first kappa shape index (κ1) is 13.4. The maximum absolute atomic E-state index is 11.9. The number of benzene rings is 1. The lowest BCUT2D eigenvalue weighted by atomic mass is 10.1. The number of amides is 1. The van der Waals surface area contributed by atoms with E-state index in [1.807, 2.05) is 10.8 Å². The molecule has 0 atom stereocenters. The smallest absolute Gasteiger partial charge is 0.253 e. The van der Waals surface area contributed by atoms with Crippen molar-refractivity contribution in [1.82, 2.24) is 14.9 Å². The summed E-state index contributed by atoms with van der Waals surface area (Å²) in [6.45, 7) is 1.38. The van der Waals surface area contributed by atoms with Gasteiger partial charge in [0.2, 0.25) is 0 Å². The normalized spacial score (nSPS) is 10.4. The number of nitrogens with two attached hydrogens (primary N) is 1. The monoisotopic (exact) mass is 278 g/mol. The highest BCUT2D eigenvalue weighted by atomic mass is 35.5. The van der Waals surface area contributed by atoms with E-state index in [9.17, 15) is 4.79 Å². The molecular formula is C13H15ClN4O. The van der Waals surface area contributed by atoms with Crippen LogP contribution in [0.2, 0.25) is 5.02 Å². The van der Waals surface area contributed by atoms with Crippen molar-refractivity contribution in [2.75, 3.05) is 12.3 Å². The van der Waals surface area contributed by atoms with Crippen LogP contribution in [0.15, 0.2) is 36.9 Å². The highest BCUT2D eigenvalue weighted by Crippen LogP contribution is 2.22. The fourth-order valence-electron chi connectivity index (χ4n) is 1.71. The van der Waals surface area contributed by atoms with Gasteiger partial charge >= 0.3 is 0 Å². The molecule has 5 nitrogen and oxygen atoms in total. The third-order valence-electron chi connectivity index (χ3n) is 2.74. The summed E-state index contributed by atoms with van der Waals surface area (Å²) >= 11 is 5.87. The summed E-state index contributed by atoms with van der Waals surface area (Å²) in [6, 6.07) is 5.03. The van der Waals surface area contributed by atoms with Gasteiger partial charge in [0.1, 0.15) is 0 Å². The number of nitrogens with one attached hydrogen (secondary N) is 1. The number of anilines is 1. The fraction of sp³-hybridized carbons (Fsp3) is 0.231. The number of aromatic nitrogens is 2. The summed E-state index contributed by atoms with van der Waals surface area (Å²) in [6.07, 6.45) is 6.18. The van der Waals surface area contributed by atoms with E-state index in [0.717, 1.165) is 13.0 Å². The molecule has 100 valence electrons. The second-order valence-corrected chi connectivity index (χ2v) is 4.52. The maximum Gasteiger partial charge on any atom is 0.253 e. The summed E-state index contributed by atoms with van der Waals surface area (Å²) < 4.78 is 1.96. The second kappa shape index (κ2) is 6.24. The van der Waals surface area contributed by atoms with E-state index >= 15 is 0 Å². The Morgan fingerprint density at radius 2 is 2.32 bits per heavy atom. The summed E-state index contributed by atoms with van der Waals surface area (Å²) in [5.41, 5.74) is 6.49. The number of rotatable bonds is 5. The van der Waals surface area contributed by atoms with Crippen molar-refractivity contribution >= 4 is 23.2 Å². The molecule has 0 fully saturated rings. The van der Waals surface area contributed by atoms with Gasteiger partial charge < -0.3 is 15.6 Å².